The molecular weight excluding hydrogens is 625 g/mol. The van der Waals surface area contributed by atoms with Crippen LogP contribution in [0.5, 0.6) is 0 Å². The van der Waals surface area contributed by atoms with Crippen LogP contribution < -0.4 is 0 Å². The van der Waals surface area contributed by atoms with Gasteiger partial charge in [-0.15, -0.1) is 34.0 Å². The number of thiophene rings is 3. The molecule has 0 radical (unpaired) electrons. The Morgan fingerprint density at radius 2 is 0.723 bits per heavy atom. The maximum Gasteiger partial charge on any atom is 0.0449 e. The first-order valence-electron chi connectivity index (χ1n) is 15.7. The van der Waals surface area contributed by atoms with Gasteiger partial charge in [0, 0.05) is 24.4 Å². The van der Waals surface area contributed by atoms with E-state index >= 15 is 0 Å². The van der Waals surface area contributed by atoms with Gasteiger partial charge < -0.3 is 0 Å². The minimum Gasteiger partial charge on any atom is -0.144 e. The summed E-state index contributed by atoms with van der Waals surface area (Å²) in [5, 5.41) is 7.27. The van der Waals surface area contributed by atoms with Crippen LogP contribution >= 0.6 is 34.0 Å². The van der Waals surface area contributed by atoms with Crippen LogP contribution in [0.25, 0.3) is 84.9 Å². The van der Waals surface area contributed by atoms with E-state index in [0.29, 0.717) is 0 Å². The minimum atomic E-state index is 1.24. The third-order valence-corrected chi connectivity index (χ3v) is 12.2. The molecule has 9 rings (SSSR count). The molecule has 6 aromatic carbocycles. The molecule has 3 heteroatoms. The molecule has 0 aliphatic carbocycles. The van der Waals surface area contributed by atoms with E-state index in [1.165, 1.54) is 84.9 Å². The van der Waals surface area contributed by atoms with Gasteiger partial charge in [0.05, 0.1) is 0 Å². The van der Waals surface area contributed by atoms with E-state index in [9.17, 15) is 0 Å². The maximum atomic E-state index is 2.43. The first kappa shape index (κ1) is 28.2. The first-order chi connectivity index (χ1) is 23.3. The molecule has 0 nitrogen and oxygen atoms in total. The Balaban J connectivity index is 1.26. The second-order valence-corrected chi connectivity index (χ2v) is 14.8. The Morgan fingerprint density at radius 3 is 1.21 bits per heavy atom. The van der Waals surface area contributed by atoms with Crippen LogP contribution in [0.15, 0.2) is 169 Å². The summed E-state index contributed by atoms with van der Waals surface area (Å²) >= 11 is 5.53. The Labute approximate surface area is 286 Å². The molecule has 0 aliphatic rings. The molecule has 0 unspecified atom stereocenters. The van der Waals surface area contributed by atoms with Gasteiger partial charge in [0.2, 0.25) is 0 Å². The molecule has 0 spiro atoms. The fraction of sp³-hybridized carbons (Fsp3) is 0. The number of hydrogen-bond acceptors (Lipinski definition) is 3. The smallest absolute Gasteiger partial charge is 0.0449 e. The van der Waals surface area contributed by atoms with Crippen LogP contribution in [0.3, 0.4) is 0 Å². The monoisotopic (exact) mass is 652 g/mol. The van der Waals surface area contributed by atoms with Crippen LogP contribution in [0.4, 0.5) is 0 Å². The highest BCUT2D eigenvalue weighted by Crippen LogP contribution is 2.47. The van der Waals surface area contributed by atoms with Crippen molar-refractivity contribution in [2.75, 3.05) is 0 Å². The van der Waals surface area contributed by atoms with Crippen molar-refractivity contribution in [2.45, 2.75) is 0 Å². The van der Waals surface area contributed by atoms with E-state index < -0.39 is 0 Å². The van der Waals surface area contributed by atoms with Crippen LogP contribution in [-0.2, 0) is 0 Å². The van der Waals surface area contributed by atoms with Gasteiger partial charge in [-0.2, -0.15) is 0 Å². The van der Waals surface area contributed by atoms with Crippen molar-refractivity contribution in [2.24, 2.45) is 0 Å². The Morgan fingerprint density at radius 1 is 0.277 bits per heavy atom. The molecule has 3 aromatic heterocycles. The van der Waals surface area contributed by atoms with E-state index in [2.05, 4.69) is 169 Å². The predicted molar refractivity (Wildman–Crippen MR) is 208 cm³/mol. The summed E-state index contributed by atoms with van der Waals surface area (Å²) in [5.41, 5.74) is 8.84. The van der Waals surface area contributed by atoms with Crippen LogP contribution in [0, 0.1) is 0 Å². The number of benzene rings is 6. The number of hydrogen-bond donors (Lipinski definition) is 0. The molecular formula is C44H28S3. The molecule has 0 bridgehead atoms. The minimum absolute atomic E-state index is 1.24. The molecule has 0 atom stereocenters. The zero-order chi connectivity index (χ0) is 31.2. The zero-order valence-corrected chi connectivity index (χ0v) is 27.8. The third kappa shape index (κ3) is 5.14. The molecule has 0 fully saturated rings. The van der Waals surface area contributed by atoms with Crippen molar-refractivity contribution in [3.05, 3.63) is 169 Å². The standard InChI is InChI=1S/C44H28S3/c1-4-11-29(12-5-1)39-22-24-41(46-39)42-25-23-40(47-42)33-19-21-35-37(28-33)44(31-15-8-3-9-16-31)34-20-18-32(38-17-10-26-45-38)27-36(34)43(35)30-13-6-2-7-14-30/h1-28H. The number of rotatable bonds is 6. The molecule has 222 valence electrons. The van der Waals surface area contributed by atoms with Crippen molar-refractivity contribution < 1.29 is 0 Å². The van der Waals surface area contributed by atoms with E-state index in [1.54, 1.807) is 11.3 Å². The van der Waals surface area contributed by atoms with E-state index in [4.69, 9.17) is 0 Å². The van der Waals surface area contributed by atoms with E-state index in [0.717, 1.165) is 0 Å². The molecule has 3 heterocycles. The Hall–Kier alpha value is -5.06. The number of fused-ring (bicyclic) bond motifs is 2. The largest absolute Gasteiger partial charge is 0.144 e. The lowest BCUT2D eigenvalue weighted by Crippen LogP contribution is -1.92. The first-order valence-corrected chi connectivity index (χ1v) is 18.3. The second-order valence-electron chi connectivity index (χ2n) is 11.7. The highest BCUT2D eigenvalue weighted by atomic mass is 32.1. The van der Waals surface area contributed by atoms with Crippen molar-refractivity contribution >= 4 is 55.6 Å². The van der Waals surface area contributed by atoms with Crippen LogP contribution in [0.1, 0.15) is 0 Å². The average Bonchev–Trinajstić information content (AvgIpc) is 3.94. The molecule has 47 heavy (non-hydrogen) atoms. The molecule has 0 aliphatic heterocycles. The molecule has 0 N–H and O–H groups in total. The maximum absolute atomic E-state index is 2.43. The summed E-state index contributed by atoms with van der Waals surface area (Å²) in [4.78, 5) is 6.49. The second kappa shape index (κ2) is 11.9. The summed E-state index contributed by atoms with van der Waals surface area (Å²) in [7, 11) is 0. The summed E-state index contributed by atoms with van der Waals surface area (Å²) in [5.74, 6) is 0. The van der Waals surface area contributed by atoms with E-state index in [-0.39, 0.29) is 0 Å². The topological polar surface area (TPSA) is 0 Å². The Bertz CT molecular complexity index is 2480. The van der Waals surface area contributed by atoms with Gasteiger partial charge in [-0.3, -0.25) is 0 Å². The van der Waals surface area contributed by atoms with Gasteiger partial charge in [-0.25, -0.2) is 0 Å². The predicted octanol–water partition coefficient (Wildman–Crippen LogP) is 14.2. The lowest BCUT2D eigenvalue weighted by atomic mass is 9.84. The van der Waals surface area contributed by atoms with Gasteiger partial charge in [-0.1, -0.05) is 121 Å². The van der Waals surface area contributed by atoms with Gasteiger partial charge in [-0.05, 0) is 108 Å². The van der Waals surface area contributed by atoms with Crippen LogP contribution in [-0.4, -0.2) is 0 Å². The molecule has 0 saturated heterocycles. The summed E-state index contributed by atoms with van der Waals surface area (Å²) in [6.45, 7) is 0. The summed E-state index contributed by atoms with van der Waals surface area (Å²) in [6, 6.07) is 60.0. The third-order valence-electron chi connectivity index (χ3n) is 8.84. The highest BCUT2D eigenvalue weighted by Gasteiger charge is 2.19. The van der Waals surface area contributed by atoms with Crippen molar-refractivity contribution in [3.8, 4) is 63.3 Å². The SMILES string of the molecule is c1ccc(-c2ccc(-c3ccc(-c4ccc5c(-c6ccccc6)c6cc(-c7cccs7)ccc6c(-c6ccccc6)c5c4)s3)s2)cc1. The van der Waals surface area contributed by atoms with Crippen LogP contribution in [0.2, 0.25) is 0 Å². The van der Waals surface area contributed by atoms with Crippen molar-refractivity contribution in [1.82, 2.24) is 0 Å². The molecule has 9 aromatic rings. The normalized spacial score (nSPS) is 11.4. The highest BCUT2D eigenvalue weighted by molar-refractivity contribution is 7.25. The fourth-order valence-corrected chi connectivity index (χ4v) is 9.49. The zero-order valence-electron chi connectivity index (χ0n) is 25.4. The van der Waals surface area contributed by atoms with Gasteiger partial charge in [0.1, 0.15) is 0 Å². The van der Waals surface area contributed by atoms with Gasteiger partial charge in [0.15, 0.2) is 0 Å². The average molecular weight is 653 g/mol. The van der Waals surface area contributed by atoms with Gasteiger partial charge >= 0.3 is 0 Å². The van der Waals surface area contributed by atoms with Gasteiger partial charge in [0.25, 0.3) is 0 Å². The lowest BCUT2D eigenvalue weighted by molar-refractivity contribution is 1.65. The summed E-state index contributed by atoms with van der Waals surface area (Å²) < 4.78 is 0. The molecule has 0 amide bonds. The quantitative estimate of drug-likeness (QED) is 0.157. The Kier molecular flexibility index (Phi) is 7.16. The molecule has 0 saturated carbocycles. The fourth-order valence-electron chi connectivity index (χ4n) is 6.66. The van der Waals surface area contributed by atoms with Crippen molar-refractivity contribution in [3.63, 3.8) is 0 Å². The van der Waals surface area contributed by atoms with E-state index in [1.807, 2.05) is 22.7 Å². The lowest BCUT2D eigenvalue weighted by Gasteiger charge is -2.19. The summed E-state index contributed by atoms with van der Waals surface area (Å²) in [6.07, 6.45) is 0. The van der Waals surface area contributed by atoms with Crippen molar-refractivity contribution in [1.29, 1.82) is 0 Å².